The van der Waals surface area contributed by atoms with Crippen molar-refractivity contribution in [1.82, 2.24) is 24.6 Å². The summed E-state index contributed by atoms with van der Waals surface area (Å²) in [4.78, 5) is 24.2. The van der Waals surface area contributed by atoms with Gasteiger partial charge in [-0.2, -0.15) is 5.10 Å². The molecule has 0 atom stereocenters. The number of aromatic nitrogens is 4. The first-order valence-electron chi connectivity index (χ1n) is 11.1. The third kappa shape index (κ3) is 3.85. The van der Waals surface area contributed by atoms with Crippen LogP contribution in [0.2, 0.25) is 0 Å². The van der Waals surface area contributed by atoms with Gasteiger partial charge in [-0.25, -0.2) is 19.0 Å². The van der Waals surface area contributed by atoms with Gasteiger partial charge in [0.05, 0.1) is 30.3 Å². The second-order valence-corrected chi connectivity index (χ2v) is 8.70. The Labute approximate surface area is 186 Å². The number of piperidine rings is 1. The van der Waals surface area contributed by atoms with Crippen molar-refractivity contribution in [3.63, 3.8) is 0 Å². The molecule has 2 fully saturated rings. The average molecular weight is 436 g/mol. The molecule has 5 rings (SSSR count). The van der Waals surface area contributed by atoms with Crippen molar-refractivity contribution in [2.75, 3.05) is 20.2 Å². The number of rotatable bonds is 5. The lowest BCUT2D eigenvalue weighted by Gasteiger charge is -2.30. The molecule has 2 aliphatic rings. The minimum absolute atomic E-state index is 0.0402. The Morgan fingerprint density at radius 3 is 2.62 bits per heavy atom. The van der Waals surface area contributed by atoms with Gasteiger partial charge in [0.25, 0.3) is 11.9 Å². The number of nitrogens with zero attached hydrogens (tertiary/aromatic N) is 5. The minimum Gasteiger partial charge on any atom is -0.494 e. The first kappa shape index (κ1) is 20.6. The Hall–Kier alpha value is -3.29. The minimum atomic E-state index is -0.452. The lowest BCUT2D eigenvalue weighted by Crippen LogP contribution is -2.38. The van der Waals surface area contributed by atoms with Gasteiger partial charge in [-0.15, -0.1) is 0 Å². The van der Waals surface area contributed by atoms with Crippen LogP contribution in [0.3, 0.4) is 0 Å². The van der Waals surface area contributed by atoms with Crippen molar-refractivity contribution < 1.29 is 13.9 Å². The van der Waals surface area contributed by atoms with Crippen LogP contribution < -0.4 is 4.74 Å². The standard InChI is InChI=1S/C24H26FN5O2/c1-15-8-11-29(12-9-15)23(31)18-14-27-30(22(18)16-3-4-16)24-26-10-7-20(28-24)17-5-6-21(32-2)19(25)13-17/h5-7,10,13-16H,3-4,8-9,11-12H2,1-2H3. The van der Waals surface area contributed by atoms with Crippen molar-refractivity contribution in [2.45, 2.75) is 38.5 Å². The zero-order valence-corrected chi connectivity index (χ0v) is 18.3. The molecule has 1 aromatic carbocycles. The monoisotopic (exact) mass is 435 g/mol. The highest BCUT2D eigenvalue weighted by Gasteiger charge is 2.35. The van der Waals surface area contributed by atoms with Gasteiger partial charge >= 0.3 is 0 Å². The number of ether oxygens (including phenoxy) is 1. The molecule has 3 heterocycles. The van der Waals surface area contributed by atoms with Crippen molar-refractivity contribution in [2.24, 2.45) is 5.92 Å². The normalized spacial score (nSPS) is 16.9. The van der Waals surface area contributed by atoms with E-state index in [1.54, 1.807) is 35.3 Å². The highest BCUT2D eigenvalue weighted by Crippen LogP contribution is 2.42. The van der Waals surface area contributed by atoms with Gasteiger partial charge in [-0.05, 0) is 55.9 Å². The number of halogens is 1. The highest BCUT2D eigenvalue weighted by atomic mass is 19.1. The molecular weight excluding hydrogens is 409 g/mol. The summed E-state index contributed by atoms with van der Waals surface area (Å²) in [7, 11) is 1.43. The topological polar surface area (TPSA) is 73.1 Å². The molecule has 0 bridgehead atoms. The Balaban J connectivity index is 1.49. The van der Waals surface area contributed by atoms with Gasteiger partial charge in [0.1, 0.15) is 0 Å². The number of amides is 1. The predicted octanol–water partition coefficient (Wildman–Crippen LogP) is 4.23. The van der Waals surface area contributed by atoms with Crippen LogP contribution in [0.1, 0.15) is 54.6 Å². The number of carbonyl (C=O) groups excluding carboxylic acids is 1. The lowest BCUT2D eigenvalue weighted by molar-refractivity contribution is 0.0696. The van der Waals surface area contributed by atoms with Crippen LogP contribution in [0, 0.1) is 11.7 Å². The molecule has 0 unspecified atom stereocenters. The fourth-order valence-corrected chi connectivity index (χ4v) is 4.25. The largest absolute Gasteiger partial charge is 0.494 e. The average Bonchev–Trinajstić information content (AvgIpc) is 3.56. The number of carbonyl (C=O) groups is 1. The van der Waals surface area contributed by atoms with Gasteiger partial charge in [0.15, 0.2) is 11.6 Å². The van der Waals surface area contributed by atoms with E-state index in [-0.39, 0.29) is 17.6 Å². The number of methoxy groups -OCH3 is 1. The summed E-state index contributed by atoms with van der Waals surface area (Å²) in [5, 5.41) is 4.51. The second-order valence-electron chi connectivity index (χ2n) is 8.70. The Kier molecular flexibility index (Phi) is 5.36. The maximum atomic E-state index is 14.2. The Morgan fingerprint density at radius 2 is 1.94 bits per heavy atom. The fraction of sp³-hybridized carbons (Fsp3) is 0.417. The SMILES string of the molecule is COc1ccc(-c2ccnc(-n3ncc(C(=O)N4CCC(C)CC4)c3C3CC3)n2)cc1F. The van der Waals surface area contributed by atoms with E-state index in [0.717, 1.165) is 44.5 Å². The molecule has 32 heavy (non-hydrogen) atoms. The van der Waals surface area contributed by atoms with Gasteiger partial charge in [-0.1, -0.05) is 6.92 Å². The van der Waals surface area contributed by atoms with Crippen LogP contribution in [0.15, 0.2) is 36.7 Å². The molecule has 0 spiro atoms. The maximum absolute atomic E-state index is 14.2. The van der Waals surface area contributed by atoms with E-state index in [1.807, 2.05) is 4.90 Å². The first-order chi connectivity index (χ1) is 15.5. The van der Waals surface area contributed by atoms with Crippen molar-refractivity contribution in [3.05, 3.63) is 53.7 Å². The predicted molar refractivity (Wildman–Crippen MR) is 117 cm³/mol. The van der Waals surface area contributed by atoms with Crippen LogP contribution in [0.5, 0.6) is 5.75 Å². The fourth-order valence-electron chi connectivity index (χ4n) is 4.25. The van der Waals surface area contributed by atoms with E-state index in [4.69, 9.17) is 4.74 Å². The van der Waals surface area contributed by atoms with Gasteiger partial charge < -0.3 is 9.64 Å². The molecule has 0 radical (unpaired) electrons. The summed E-state index contributed by atoms with van der Waals surface area (Å²) < 4.78 is 20.9. The maximum Gasteiger partial charge on any atom is 0.257 e. The van der Waals surface area contributed by atoms with Gasteiger partial charge in [-0.3, -0.25) is 4.79 Å². The van der Waals surface area contributed by atoms with E-state index >= 15 is 0 Å². The Morgan fingerprint density at radius 1 is 1.16 bits per heavy atom. The molecule has 1 aliphatic heterocycles. The van der Waals surface area contributed by atoms with Crippen LogP contribution >= 0.6 is 0 Å². The number of hydrogen-bond donors (Lipinski definition) is 0. The summed E-state index contributed by atoms with van der Waals surface area (Å²) in [6.07, 6.45) is 7.38. The molecule has 1 saturated carbocycles. The molecule has 1 amide bonds. The summed E-state index contributed by atoms with van der Waals surface area (Å²) >= 11 is 0. The van der Waals surface area contributed by atoms with Gasteiger partial charge in [0, 0.05) is 30.8 Å². The van der Waals surface area contributed by atoms with Crippen LogP contribution in [-0.2, 0) is 0 Å². The quantitative estimate of drug-likeness (QED) is 0.600. The molecule has 7 nitrogen and oxygen atoms in total. The van der Waals surface area contributed by atoms with Crippen LogP contribution in [-0.4, -0.2) is 50.8 Å². The lowest BCUT2D eigenvalue weighted by atomic mass is 9.98. The third-order valence-corrected chi connectivity index (χ3v) is 6.35. The third-order valence-electron chi connectivity index (χ3n) is 6.35. The molecule has 2 aromatic heterocycles. The van der Waals surface area contributed by atoms with Crippen molar-refractivity contribution in [3.8, 4) is 23.0 Å². The number of hydrogen-bond acceptors (Lipinski definition) is 5. The van der Waals surface area contributed by atoms with E-state index in [1.165, 1.54) is 13.2 Å². The number of likely N-dealkylation sites (tertiary alicyclic amines) is 1. The van der Waals surface area contributed by atoms with E-state index in [2.05, 4.69) is 22.0 Å². The van der Waals surface area contributed by atoms with Crippen molar-refractivity contribution in [1.29, 1.82) is 0 Å². The van der Waals surface area contributed by atoms with Crippen LogP contribution in [0.4, 0.5) is 4.39 Å². The van der Waals surface area contributed by atoms with Gasteiger partial charge in [0.2, 0.25) is 0 Å². The number of benzene rings is 1. The smallest absolute Gasteiger partial charge is 0.257 e. The summed E-state index contributed by atoms with van der Waals surface area (Å²) in [6.45, 7) is 3.79. The Bertz CT molecular complexity index is 1150. The molecule has 1 aliphatic carbocycles. The van der Waals surface area contributed by atoms with Crippen LogP contribution in [0.25, 0.3) is 17.2 Å². The first-order valence-corrected chi connectivity index (χ1v) is 11.1. The summed E-state index contributed by atoms with van der Waals surface area (Å²) in [5.41, 5.74) is 2.72. The zero-order valence-electron chi connectivity index (χ0n) is 18.3. The summed E-state index contributed by atoms with van der Waals surface area (Å²) in [6, 6.07) is 6.45. The van der Waals surface area contributed by atoms with E-state index < -0.39 is 5.82 Å². The zero-order chi connectivity index (χ0) is 22.2. The molecule has 1 saturated heterocycles. The van der Waals surface area contributed by atoms with Crippen molar-refractivity contribution >= 4 is 5.91 Å². The molecule has 166 valence electrons. The van der Waals surface area contributed by atoms with E-state index in [0.29, 0.717) is 28.7 Å². The highest BCUT2D eigenvalue weighted by molar-refractivity contribution is 5.95. The molecule has 0 N–H and O–H groups in total. The molecule has 3 aromatic rings. The second kappa shape index (κ2) is 8.33. The molecule has 8 heteroatoms. The summed E-state index contributed by atoms with van der Waals surface area (Å²) in [5.74, 6) is 1.09. The molecular formula is C24H26FN5O2. The van der Waals surface area contributed by atoms with E-state index in [9.17, 15) is 9.18 Å².